The lowest BCUT2D eigenvalue weighted by atomic mass is 10.7. The second-order valence-electron chi connectivity index (χ2n) is 1.51. The Balaban J connectivity index is 3.04. The van der Waals surface area contributed by atoms with Crippen LogP contribution in [0.1, 0.15) is 4.79 Å². The van der Waals surface area contributed by atoms with Crippen LogP contribution in [0.5, 0.6) is 0 Å². The molecule has 1 aromatic rings. The summed E-state index contributed by atoms with van der Waals surface area (Å²) < 4.78 is 0.840. The van der Waals surface area contributed by atoms with Crippen LogP contribution in [0, 0.1) is 5.41 Å². The predicted octanol–water partition coefficient (Wildman–Crippen LogP) is -0.850. The highest BCUT2D eigenvalue weighted by Gasteiger charge is 2.04. The quantitative estimate of drug-likeness (QED) is 0.495. The lowest BCUT2D eigenvalue weighted by molar-refractivity contribution is 0.0983. The Hall–Kier alpha value is -1.72. The van der Waals surface area contributed by atoms with Gasteiger partial charge in [0.05, 0.1) is 6.21 Å². The summed E-state index contributed by atoms with van der Waals surface area (Å²) in [5, 5.41) is 10.0. The van der Waals surface area contributed by atoms with E-state index in [-0.39, 0.29) is 5.95 Å². The van der Waals surface area contributed by atoms with Crippen LogP contribution < -0.4 is 5.73 Å². The van der Waals surface area contributed by atoms with Crippen LogP contribution in [-0.4, -0.2) is 26.9 Å². The normalized spacial score (nSPS) is 9.20. The van der Waals surface area contributed by atoms with Crippen molar-refractivity contribution in [2.45, 2.75) is 0 Å². The van der Waals surface area contributed by atoms with E-state index in [0.29, 0.717) is 6.21 Å². The average molecular weight is 139 g/mol. The molecule has 6 heteroatoms. The molecule has 0 aliphatic carbocycles. The molecule has 0 amide bonds. The van der Waals surface area contributed by atoms with Crippen molar-refractivity contribution >= 4 is 18.1 Å². The van der Waals surface area contributed by atoms with Crippen LogP contribution in [-0.2, 0) is 0 Å². The zero-order valence-electron chi connectivity index (χ0n) is 4.98. The highest BCUT2D eigenvalue weighted by molar-refractivity contribution is 6.26. The van der Waals surface area contributed by atoms with Crippen LogP contribution >= 0.6 is 0 Å². The molecule has 6 nitrogen and oxygen atoms in total. The largest absolute Gasteiger partial charge is 0.368 e. The molecule has 3 N–H and O–H groups in total. The topological polar surface area (TPSA) is 97.6 Å². The van der Waals surface area contributed by atoms with Crippen molar-refractivity contribution in [3.8, 4) is 0 Å². The molecule has 0 aliphatic rings. The summed E-state index contributed by atoms with van der Waals surface area (Å²) >= 11 is 0. The minimum Gasteiger partial charge on any atom is -0.368 e. The third kappa shape index (κ3) is 0.859. The zero-order chi connectivity index (χ0) is 7.56. The molecule has 0 saturated heterocycles. The molecule has 1 aromatic heterocycles. The molecule has 1 heterocycles. The first-order valence-corrected chi connectivity index (χ1v) is 2.46. The van der Waals surface area contributed by atoms with Gasteiger partial charge in [0, 0.05) is 0 Å². The fraction of sp³-hybridized carbons (Fsp3) is 0. The lowest BCUT2D eigenvalue weighted by Crippen LogP contribution is -2.15. The summed E-state index contributed by atoms with van der Waals surface area (Å²) in [6, 6.07) is 0. The van der Waals surface area contributed by atoms with Crippen LogP contribution in [0.4, 0.5) is 5.95 Å². The van der Waals surface area contributed by atoms with E-state index in [9.17, 15) is 4.79 Å². The molecule has 52 valence electrons. The molecule has 0 unspecified atom stereocenters. The van der Waals surface area contributed by atoms with Gasteiger partial charge in [-0.25, -0.2) is 0 Å². The van der Waals surface area contributed by atoms with Gasteiger partial charge >= 0.3 is 0 Å². The molecular weight excluding hydrogens is 134 g/mol. The third-order valence-corrected chi connectivity index (χ3v) is 0.906. The number of nitrogens with two attached hydrogens (primary N) is 1. The van der Waals surface area contributed by atoms with Gasteiger partial charge in [0.15, 0.2) is 0 Å². The molecule has 10 heavy (non-hydrogen) atoms. The summed E-state index contributed by atoms with van der Waals surface area (Å²) in [6.07, 6.45) is 1.77. The Morgan fingerprint density at radius 2 is 2.60 bits per heavy atom. The van der Waals surface area contributed by atoms with Crippen LogP contribution in [0.2, 0.25) is 0 Å². The number of aromatic nitrogens is 3. The van der Waals surface area contributed by atoms with Gasteiger partial charge in [-0.05, 0) is 0 Å². The van der Waals surface area contributed by atoms with Crippen LogP contribution in [0.25, 0.3) is 0 Å². The Morgan fingerprint density at radius 3 is 3.00 bits per heavy atom. The van der Waals surface area contributed by atoms with Crippen LogP contribution in [0.3, 0.4) is 0 Å². The number of hydrogen-bond acceptors (Lipinski definition) is 5. The summed E-state index contributed by atoms with van der Waals surface area (Å²) in [4.78, 5) is 14.1. The van der Waals surface area contributed by atoms with Gasteiger partial charge in [0.25, 0.3) is 5.91 Å². The monoisotopic (exact) mass is 139 g/mol. The number of carbonyl (C=O) groups excluding carboxylic acids is 1. The van der Waals surface area contributed by atoms with E-state index in [1.807, 2.05) is 0 Å². The van der Waals surface area contributed by atoms with E-state index in [0.717, 1.165) is 11.0 Å². The number of nitrogens with zero attached hydrogens (tertiary/aromatic N) is 3. The van der Waals surface area contributed by atoms with E-state index in [2.05, 4.69) is 10.1 Å². The first-order chi connectivity index (χ1) is 4.75. The van der Waals surface area contributed by atoms with Gasteiger partial charge in [-0.1, -0.05) is 0 Å². The van der Waals surface area contributed by atoms with E-state index in [1.165, 1.54) is 0 Å². The number of hydrogen-bond donors (Lipinski definition) is 2. The minimum atomic E-state index is -0.602. The number of anilines is 1. The van der Waals surface area contributed by atoms with E-state index in [4.69, 9.17) is 11.1 Å². The maximum absolute atomic E-state index is 10.6. The Bertz CT molecular complexity index is 264. The molecule has 0 fully saturated rings. The van der Waals surface area contributed by atoms with Gasteiger partial charge in [0.1, 0.15) is 6.33 Å². The predicted molar refractivity (Wildman–Crippen MR) is 33.8 cm³/mol. The van der Waals surface area contributed by atoms with Crippen molar-refractivity contribution < 1.29 is 4.79 Å². The smallest absolute Gasteiger partial charge is 0.291 e. The second kappa shape index (κ2) is 2.26. The summed E-state index contributed by atoms with van der Waals surface area (Å²) in [5.74, 6) is -0.608. The lowest BCUT2D eigenvalue weighted by Gasteiger charge is -1.91. The average Bonchev–Trinajstić information content (AvgIpc) is 2.34. The fourth-order valence-corrected chi connectivity index (χ4v) is 0.481. The molecule has 0 saturated carbocycles. The third-order valence-electron chi connectivity index (χ3n) is 0.906. The molecular formula is C4H5N5O. The molecule has 0 radical (unpaired) electrons. The van der Waals surface area contributed by atoms with Gasteiger partial charge in [0.2, 0.25) is 5.95 Å². The van der Waals surface area contributed by atoms with Gasteiger partial charge in [-0.2, -0.15) is 14.8 Å². The number of rotatable bonds is 1. The van der Waals surface area contributed by atoms with Crippen molar-refractivity contribution in [3.63, 3.8) is 0 Å². The molecule has 0 spiro atoms. The highest BCUT2D eigenvalue weighted by atomic mass is 16.2. The first kappa shape index (κ1) is 6.40. The zero-order valence-corrected chi connectivity index (χ0v) is 4.98. The summed E-state index contributed by atoms with van der Waals surface area (Å²) in [7, 11) is 0. The van der Waals surface area contributed by atoms with Gasteiger partial charge in [-0.3, -0.25) is 4.79 Å². The molecule has 1 rings (SSSR count). The van der Waals surface area contributed by atoms with Crippen LogP contribution in [0.15, 0.2) is 6.33 Å². The van der Waals surface area contributed by atoms with Crippen molar-refractivity contribution in [3.05, 3.63) is 6.33 Å². The standard InChI is InChI=1S/C4H5N5O/c5-1-3(10)9-4(6)7-2-8-9/h1-2,5H,(H2,6,7,8). The maximum atomic E-state index is 10.6. The summed E-state index contributed by atoms with van der Waals surface area (Å²) in [5.41, 5.74) is 5.18. The number of nitrogen functional groups attached to an aromatic ring is 1. The Kier molecular flexibility index (Phi) is 1.44. The van der Waals surface area contributed by atoms with Gasteiger partial charge < -0.3 is 11.1 Å². The number of carbonyl (C=O) groups is 1. The number of nitrogens with one attached hydrogen (secondary N) is 1. The van der Waals surface area contributed by atoms with E-state index in [1.54, 1.807) is 0 Å². The Labute approximate surface area is 56.2 Å². The molecule has 0 aliphatic heterocycles. The maximum Gasteiger partial charge on any atom is 0.291 e. The molecule has 0 atom stereocenters. The van der Waals surface area contributed by atoms with Crippen molar-refractivity contribution in [1.29, 1.82) is 5.41 Å². The first-order valence-electron chi connectivity index (χ1n) is 2.46. The van der Waals surface area contributed by atoms with E-state index < -0.39 is 5.91 Å². The van der Waals surface area contributed by atoms with Crippen molar-refractivity contribution in [1.82, 2.24) is 14.8 Å². The SMILES string of the molecule is N=CC(=O)n1ncnc1N. The summed E-state index contributed by atoms with van der Waals surface area (Å²) in [6.45, 7) is 0. The van der Waals surface area contributed by atoms with Crippen molar-refractivity contribution in [2.24, 2.45) is 0 Å². The molecule has 0 bridgehead atoms. The van der Waals surface area contributed by atoms with E-state index >= 15 is 0 Å². The highest BCUT2D eigenvalue weighted by Crippen LogP contribution is 1.90. The minimum absolute atomic E-state index is 0.00602. The Morgan fingerprint density at radius 1 is 1.90 bits per heavy atom. The molecule has 0 aromatic carbocycles. The van der Waals surface area contributed by atoms with Crippen molar-refractivity contribution in [2.75, 3.05) is 5.73 Å². The fourth-order valence-electron chi connectivity index (χ4n) is 0.481. The second-order valence-corrected chi connectivity index (χ2v) is 1.51. The van der Waals surface area contributed by atoms with Gasteiger partial charge in [-0.15, -0.1) is 0 Å².